The summed E-state index contributed by atoms with van der Waals surface area (Å²) in [5.41, 5.74) is 0. The number of piperazine rings is 1. The van der Waals surface area contributed by atoms with Gasteiger partial charge in [0.1, 0.15) is 12.1 Å². The lowest BCUT2D eigenvalue weighted by atomic mass is 9.97. The lowest BCUT2D eigenvalue weighted by molar-refractivity contribution is -0.151. The fraction of sp³-hybridized carbons (Fsp3) is 0.867. The Bertz CT molecular complexity index is 367. The summed E-state index contributed by atoms with van der Waals surface area (Å²) in [4.78, 5) is 26.6. The Morgan fingerprint density at radius 1 is 1.26 bits per heavy atom. The first-order chi connectivity index (χ1) is 8.90. The molecule has 19 heavy (non-hydrogen) atoms. The quantitative estimate of drug-likeness (QED) is 0.848. The van der Waals surface area contributed by atoms with Crippen molar-refractivity contribution in [2.24, 2.45) is 11.8 Å². The monoisotopic (exact) mass is 266 g/mol. The van der Waals surface area contributed by atoms with Crippen LogP contribution in [-0.2, 0) is 9.59 Å². The van der Waals surface area contributed by atoms with Crippen molar-refractivity contribution in [3.8, 4) is 0 Å². The van der Waals surface area contributed by atoms with E-state index in [1.54, 1.807) is 0 Å². The minimum absolute atomic E-state index is 0.00445. The SMILES string of the molecule is CC(C)CC1NC(=O)C(C)N(C2CCC(C)C2)C1=O. The van der Waals surface area contributed by atoms with Crippen LogP contribution in [0.1, 0.15) is 53.4 Å². The number of amides is 2. The smallest absolute Gasteiger partial charge is 0.246 e. The molecule has 108 valence electrons. The van der Waals surface area contributed by atoms with Crippen LogP contribution in [0.3, 0.4) is 0 Å². The van der Waals surface area contributed by atoms with Crippen LogP contribution >= 0.6 is 0 Å². The van der Waals surface area contributed by atoms with E-state index >= 15 is 0 Å². The van der Waals surface area contributed by atoms with E-state index in [4.69, 9.17) is 0 Å². The van der Waals surface area contributed by atoms with E-state index < -0.39 is 0 Å². The van der Waals surface area contributed by atoms with Crippen molar-refractivity contribution >= 4 is 11.8 Å². The number of hydrogen-bond acceptors (Lipinski definition) is 2. The Kier molecular flexibility index (Phi) is 4.16. The molecule has 1 aliphatic heterocycles. The third kappa shape index (κ3) is 2.93. The van der Waals surface area contributed by atoms with Crippen LogP contribution in [0.4, 0.5) is 0 Å². The highest BCUT2D eigenvalue weighted by atomic mass is 16.2. The molecule has 2 aliphatic rings. The van der Waals surface area contributed by atoms with Crippen LogP contribution in [0.25, 0.3) is 0 Å². The number of nitrogens with zero attached hydrogens (tertiary/aromatic N) is 1. The first-order valence-corrected chi connectivity index (χ1v) is 7.52. The minimum Gasteiger partial charge on any atom is -0.343 e. The van der Waals surface area contributed by atoms with Gasteiger partial charge in [-0.25, -0.2) is 0 Å². The van der Waals surface area contributed by atoms with Crippen molar-refractivity contribution in [1.29, 1.82) is 0 Å². The largest absolute Gasteiger partial charge is 0.343 e. The average Bonchev–Trinajstić information content (AvgIpc) is 2.72. The molecule has 0 aromatic carbocycles. The molecule has 0 bridgehead atoms. The molecule has 4 nitrogen and oxygen atoms in total. The molecule has 1 saturated carbocycles. The third-order valence-electron chi connectivity index (χ3n) is 4.43. The Morgan fingerprint density at radius 2 is 1.95 bits per heavy atom. The summed E-state index contributed by atoms with van der Waals surface area (Å²) in [6.07, 6.45) is 3.98. The fourth-order valence-corrected chi connectivity index (χ4v) is 3.41. The van der Waals surface area contributed by atoms with Crippen molar-refractivity contribution in [3.63, 3.8) is 0 Å². The highest BCUT2D eigenvalue weighted by Gasteiger charge is 2.43. The summed E-state index contributed by atoms with van der Waals surface area (Å²) in [5, 5.41) is 2.88. The van der Waals surface area contributed by atoms with Gasteiger partial charge in [-0.05, 0) is 44.4 Å². The molecule has 1 saturated heterocycles. The second-order valence-corrected chi connectivity index (χ2v) is 6.68. The highest BCUT2D eigenvalue weighted by Crippen LogP contribution is 2.32. The Labute approximate surface area is 115 Å². The lowest BCUT2D eigenvalue weighted by Crippen LogP contribution is -2.64. The van der Waals surface area contributed by atoms with Crippen molar-refractivity contribution in [2.75, 3.05) is 0 Å². The molecule has 1 aliphatic carbocycles. The summed E-state index contributed by atoms with van der Waals surface area (Å²) in [6.45, 7) is 8.24. The number of rotatable bonds is 3. The molecular formula is C15H26N2O2. The maximum Gasteiger partial charge on any atom is 0.246 e. The van der Waals surface area contributed by atoms with E-state index in [2.05, 4.69) is 26.1 Å². The van der Waals surface area contributed by atoms with Crippen molar-refractivity contribution in [2.45, 2.75) is 71.5 Å². The van der Waals surface area contributed by atoms with Gasteiger partial charge in [0.15, 0.2) is 0 Å². The molecule has 4 atom stereocenters. The molecule has 0 aromatic heterocycles. The maximum atomic E-state index is 12.6. The number of nitrogens with one attached hydrogen (secondary N) is 1. The van der Waals surface area contributed by atoms with Gasteiger partial charge in [0.05, 0.1) is 0 Å². The molecule has 2 fully saturated rings. The standard InChI is InChI=1S/C15H26N2O2/c1-9(2)7-13-15(19)17(11(4)14(18)16-13)12-6-5-10(3)8-12/h9-13H,5-8H2,1-4H3,(H,16,18). The van der Waals surface area contributed by atoms with E-state index in [-0.39, 0.29) is 29.9 Å². The molecule has 2 amide bonds. The molecule has 0 aromatic rings. The summed E-state index contributed by atoms with van der Waals surface area (Å²) in [6, 6.07) is -0.371. The fourth-order valence-electron chi connectivity index (χ4n) is 3.41. The van der Waals surface area contributed by atoms with Gasteiger partial charge in [0.2, 0.25) is 11.8 Å². The molecule has 1 heterocycles. The van der Waals surface area contributed by atoms with Crippen molar-refractivity contribution in [1.82, 2.24) is 10.2 Å². The van der Waals surface area contributed by atoms with E-state index in [1.807, 2.05) is 11.8 Å². The highest BCUT2D eigenvalue weighted by molar-refractivity contribution is 5.96. The maximum absolute atomic E-state index is 12.6. The van der Waals surface area contributed by atoms with Crippen molar-refractivity contribution in [3.05, 3.63) is 0 Å². The zero-order valence-corrected chi connectivity index (χ0v) is 12.5. The van der Waals surface area contributed by atoms with Crippen molar-refractivity contribution < 1.29 is 9.59 Å². The van der Waals surface area contributed by atoms with E-state index in [0.717, 1.165) is 25.7 Å². The van der Waals surface area contributed by atoms with Gasteiger partial charge in [-0.3, -0.25) is 9.59 Å². The van der Waals surface area contributed by atoms with Gasteiger partial charge in [-0.1, -0.05) is 20.8 Å². The van der Waals surface area contributed by atoms with E-state index in [9.17, 15) is 9.59 Å². The zero-order valence-electron chi connectivity index (χ0n) is 12.5. The first-order valence-electron chi connectivity index (χ1n) is 7.52. The van der Waals surface area contributed by atoms with E-state index in [0.29, 0.717) is 11.8 Å². The van der Waals surface area contributed by atoms with Gasteiger partial charge in [-0.2, -0.15) is 0 Å². The van der Waals surface area contributed by atoms with Crippen LogP contribution in [0, 0.1) is 11.8 Å². The summed E-state index contributed by atoms with van der Waals surface area (Å²) < 4.78 is 0. The van der Waals surface area contributed by atoms with E-state index in [1.165, 1.54) is 0 Å². The van der Waals surface area contributed by atoms with Gasteiger partial charge >= 0.3 is 0 Å². The second kappa shape index (κ2) is 5.51. The number of carbonyl (C=O) groups excluding carboxylic acids is 2. The van der Waals surface area contributed by atoms with Gasteiger partial charge in [-0.15, -0.1) is 0 Å². The van der Waals surface area contributed by atoms with Crippen LogP contribution in [0.2, 0.25) is 0 Å². The third-order valence-corrected chi connectivity index (χ3v) is 4.43. The molecule has 4 unspecified atom stereocenters. The number of hydrogen-bond donors (Lipinski definition) is 1. The first kappa shape index (κ1) is 14.4. The molecule has 0 spiro atoms. The topological polar surface area (TPSA) is 49.4 Å². The summed E-state index contributed by atoms with van der Waals surface area (Å²) >= 11 is 0. The normalized spacial score (nSPS) is 35.9. The number of carbonyl (C=O) groups is 2. The molecule has 1 N–H and O–H groups in total. The van der Waals surface area contributed by atoms with Crippen LogP contribution in [0.15, 0.2) is 0 Å². The van der Waals surface area contributed by atoms with Crippen LogP contribution in [0.5, 0.6) is 0 Å². The van der Waals surface area contributed by atoms with Gasteiger partial charge in [0, 0.05) is 6.04 Å². The van der Waals surface area contributed by atoms with Crippen LogP contribution < -0.4 is 5.32 Å². The Hall–Kier alpha value is -1.06. The predicted octanol–water partition coefficient (Wildman–Crippen LogP) is 1.94. The van der Waals surface area contributed by atoms with Crippen LogP contribution in [-0.4, -0.2) is 34.8 Å². The average molecular weight is 266 g/mol. The molecule has 2 rings (SSSR count). The van der Waals surface area contributed by atoms with Gasteiger partial charge in [0.25, 0.3) is 0 Å². The minimum atomic E-state index is -0.320. The Morgan fingerprint density at radius 3 is 2.47 bits per heavy atom. The molecular weight excluding hydrogens is 240 g/mol. The molecule has 0 radical (unpaired) electrons. The molecule has 4 heteroatoms. The summed E-state index contributed by atoms with van der Waals surface area (Å²) in [5.74, 6) is 1.20. The zero-order chi connectivity index (χ0) is 14.2. The lowest BCUT2D eigenvalue weighted by Gasteiger charge is -2.41. The Balaban J connectivity index is 2.14. The summed E-state index contributed by atoms with van der Waals surface area (Å²) in [7, 11) is 0. The second-order valence-electron chi connectivity index (χ2n) is 6.68. The predicted molar refractivity (Wildman–Crippen MR) is 74.5 cm³/mol. The van der Waals surface area contributed by atoms with Gasteiger partial charge < -0.3 is 10.2 Å².